The van der Waals surface area contributed by atoms with Gasteiger partial charge in [-0.3, -0.25) is 14.4 Å². The quantitative estimate of drug-likeness (QED) is 0.101. The molecular formula is C33H36N2O12. The van der Waals surface area contributed by atoms with Crippen molar-refractivity contribution < 1.29 is 46.9 Å². The predicted molar refractivity (Wildman–Crippen MR) is 169 cm³/mol. The molecule has 0 amide bonds. The lowest BCUT2D eigenvalue weighted by atomic mass is 10.1. The van der Waals surface area contributed by atoms with Crippen molar-refractivity contribution in [2.24, 2.45) is 11.5 Å². The number of carbonyl (C=O) groups is 3. The molecule has 4 rings (SSSR count). The van der Waals surface area contributed by atoms with Crippen LogP contribution in [-0.4, -0.2) is 63.0 Å². The van der Waals surface area contributed by atoms with Crippen LogP contribution in [0.5, 0.6) is 11.5 Å². The maximum Gasteiger partial charge on any atom is 0.374 e. The van der Waals surface area contributed by atoms with Crippen LogP contribution in [0.1, 0.15) is 54.2 Å². The molecule has 47 heavy (non-hydrogen) atoms. The van der Waals surface area contributed by atoms with Gasteiger partial charge < -0.3 is 44.0 Å². The zero-order valence-electron chi connectivity index (χ0n) is 26.0. The Bertz CT molecular complexity index is 1730. The highest BCUT2D eigenvalue weighted by molar-refractivity contribution is 5.91. The molecule has 0 saturated heterocycles. The van der Waals surface area contributed by atoms with E-state index in [1.807, 2.05) is 0 Å². The Morgan fingerprint density at radius 2 is 1.26 bits per heavy atom. The van der Waals surface area contributed by atoms with Gasteiger partial charge in [0.15, 0.2) is 17.0 Å². The lowest BCUT2D eigenvalue weighted by Crippen LogP contribution is -2.39. The van der Waals surface area contributed by atoms with Gasteiger partial charge in [-0.1, -0.05) is 18.6 Å². The first-order valence-corrected chi connectivity index (χ1v) is 15.1. The maximum atomic E-state index is 13.0. The minimum Gasteiger partial charge on any atom is -0.489 e. The third-order valence-electron chi connectivity index (χ3n) is 6.79. The van der Waals surface area contributed by atoms with E-state index in [2.05, 4.69) is 0 Å². The summed E-state index contributed by atoms with van der Waals surface area (Å²) in [5, 5.41) is 0.100. The molecule has 0 spiro atoms. The van der Waals surface area contributed by atoms with Gasteiger partial charge in [-0.05, 0) is 57.5 Å². The van der Waals surface area contributed by atoms with E-state index in [1.165, 1.54) is 24.3 Å². The monoisotopic (exact) mass is 652 g/mol. The molecule has 0 radical (unpaired) electrons. The summed E-state index contributed by atoms with van der Waals surface area (Å²) in [4.78, 5) is 63.1. The molecular weight excluding hydrogens is 616 g/mol. The number of benzene rings is 2. The average Bonchev–Trinajstić information content (AvgIpc) is 3.05. The van der Waals surface area contributed by atoms with Crippen LogP contribution in [0.2, 0.25) is 0 Å². The highest BCUT2D eigenvalue weighted by atomic mass is 16.6. The molecule has 2 aromatic carbocycles. The van der Waals surface area contributed by atoms with Gasteiger partial charge in [0.2, 0.25) is 11.5 Å². The lowest BCUT2D eigenvalue weighted by Gasteiger charge is -2.21. The number of hydrogen-bond donors (Lipinski definition) is 2. The molecule has 4 N–H and O–H groups in total. The van der Waals surface area contributed by atoms with E-state index in [-0.39, 0.29) is 71.4 Å². The SMILES string of the molecule is CCOC(=O)c1cc(=O)c2c(OCC(COc3cccc4oc(C(=O)OCC)cc(=O)c34)OC(=O)[C@H](N)CCCCN)cccc2o1. The average molecular weight is 653 g/mol. The molecule has 0 fully saturated rings. The van der Waals surface area contributed by atoms with E-state index >= 15 is 0 Å². The van der Waals surface area contributed by atoms with Crippen molar-refractivity contribution in [2.75, 3.05) is 33.0 Å². The second-order valence-corrected chi connectivity index (χ2v) is 10.2. The summed E-state index contributed by atoms with van der Waals surface area (Å²) in [7, 11) is 0. The molecule has 250 valence electrons. The first-order chi connectivity index (χ1) is 22.7. The molecule has 0 saturated carbocycles. The zero-order valence-corrected chi connectivity index (χ0v) is 26.0. The summed E-state index contributed by atoms with van der Waals surface area (Å²) in [5.41, 5.74) is 10.6. The van der Waals surface area contributed by atoms with Gasteiger partial charge >= 0.3 is 17.9 Å². The number of hydrogen-bond acceptors (Lipinski definition) is 14. The summed E-state index contributed by atoms with van der Waals surface area (Å²) in [6, 6.07) is 10.2. The second kappa shape index (κ2) is 16.4. The zero-order chi connectivity index (χ0) is 33.9. The first kappa shape index (κ1) is 34.7. The third kappa shape index (κ3) is 8.74. The smallest absolute Gasteiger partial charge is 0.374 e. The summed E-state index contributed by atoms with van der Waals surface area (Å²) in [6.45, 7) is 3.30. The highest BCUT2D eigenvalue weighted by Crippen LogP contribution is 2.26. The first-order valence-electron chi connectivity index (χ1n) is 15.1. The molecule has 0 aliphatic rings. The number of rotatable bonds is 16. The van der Waals surface area contributed by atoms with Gasteiger partial charge in [-0.15, -0.1) is 0 Å². The molecule has 2 heterocycles. The Morgan fingerprint density at radius 1 is 0.766 bits per heavy atom. The molecule has 0 unspecified atom stereocenters. The summed E-state index contributed by atoms with van der Waals surface area (Å²) < 4.78 is 38.5. The Hall–Kier alpha value is -5.21. The van der Waals surface area contributed by atoms with Gasteiger partial charge in [0.25, 0.3) is 0 Å². The van der Waals surface area contributed by atoms with Crippen molar-refractivity contribution >= 4 is 39.8 Å². The molecule has 4 aromatic rings. The second-order valence-electron chi connectivity index (χ2n) is 10.2. The molecule has 14 heteroatoms. The Labute approximate surface area is 268 Å². The van der Waals surface area contributed by atoms with Gasteiger partial charge in [0, 0.05) is 12.1 Å². The van der Waals surface area contributed by atoms with E-state index in [1.54, 1.807) is 26.0 Å². The van der Waals surface area contributed by atoms with Crippen LogP contribution < -0.4 is 31.8 Å². The molecule has 1 atom stereocenters. The van der Waals surface area contributed by atoms with Crippen molar-refractivity contribution in [1.82, 2.24) is 0 Å². The maximum absolute atomic E-state index is 13.0. The number of nitrogens with two attached hydrogens (primary N) is 2. The molecule has 0 aliphatic carbocycles. The largest absolute Gasteiger partial charge is 0.489 e. The topological polar surface area (TPSA) is 210 Å². The van der Waals surface area contributed by atoms with E-state index in [0.29, 0.717) is 25.8 Å². The summed E-state index contributed by atoms with van der Waals surface area (Å²) in [5.74, 6) is -2.63. The van der Waals surface area contributed by atoms with Crippen LogP contribution >= 0.6 is 0 Å². The minimum absolute atomic E-state index is 0.0501. The Kier molecular flexibility index (Phi) is 12.1. The molecule has 2 aromatic heterocycles. The van der Waals surface area contributed by atoms with Gasteiger partial charge in [-0.25, -0.2) is 9.59 Å². The van der Waals surface area contributed by atoms with E-state index in [0.717, 1.165) is 12.1 Å². The van der Waals surface area contributed by atoms with Crippen LogP contribution in [0.4, 0.5) is 0 Å². The van der Waals surface area contributed by atoms with Crippen molar-refractivity contribution in [3.05, 3.63) is 80.5 Å². The Morgan fingerprint density at radius 3 is 1.70 bits per heavy atom. The van der Waals surface area contributed by atoms with Crippen molar-refractivity contribution in [2.45, 2.75) is 45.3 Å². The van der Waals surface area contributed by atoms with E-state index in [4.69, 9.17) is 44.0 Å². The molecule has 0 bridgehead atoms. The molecule has 0 aliphatic heterocycles. The van der Waals surface area contributed by atoms with Gasteiger partial charge in [-0.2, -0.15) is 0 Å². The number of fused-ring (bicyclic) bond motifs is 2. The van der Waals surface area contributed by atoms with Crippen LogP contribution in [-0.2, 0) is 19.0 Å². The van der Waals surface area contributed by atoms with E-state index < -0.39 is 40.9 Å². The Balaban J connectivity index is 1.59. The van der Waals surface area contributed by atoms with Crippen molar-refractivity contribution in [3.8, 4) is 11.5 Å². The summed E-state index contributed by atoms with van der Waals surface area (Å²) >= 11 is 0. The predicted octanol–water partition coefficient (Wildman–Crippen LogP) is 3.08. The van der Waals surface area contributed by atoms with Crippen LogP contribution in [0.3, 0.4) is 0 Å². The van der Waals surface area contributed by atoms with Crippen molar-refractivity contribution in [3.63, 3.8) is 0 Å². The third-order valence-corrected chi connectivity index (χ3v) is 6.79. The van der Waals surface area contributed by atoms with Crippen LogP contribution in [0.25, 0.3) is 21.9 Å². The normalized spacial score (nSPS) is 11.8. The van der Waals surface area contributed by atoms with E-state index in [9.17, 15) is 24.0 Å². The van der Waals surface area contributed by atoms with Crippen LogP contribution in [0.15, 0.2) is 67.0 Å². The van der Waals surface area contributed by atoms with Crippen molar-refractivity contribution in [1.29, 1.82) is 0 Å². The summed E-state index contributed by atoms with van der Waals surface area (Å²) in [6.07, 6.45) is 0.555. The van der Waals surface area contributed by atoms with Gasteiger partial charge in [0.05, 0.1) is 13.2 Å². The number of unbranched alkanes of at least 4 members (excludes halogenated alkanes) is 1. The molecule has 14 nitrogen and oxygen atoms in total. The van der Waals surface area contributed by atoms with Gasteiger partial charge in [0.1, 0.15) is 52.7 Å². The van der Waals surface area contributed by atoms with Crippen LogP contribution in [0, 0.1) is 0 Å². The number of ether oxygens (including phenoxy) is 5. The highest BCUT2D eigenvalue weighted by Gasteiger charge is 2.24. The standard InChI is InChI=1S/C33H36N2O12/c1-3-41-32(39)27-15-21(36)29-23(10-7-12-25(29)46-27)43-17-19(45-31(38)20(35)9-5-6-14-34)18-44-24-11-8-13-26-30(24)22(37)16-28(47-26)33(40)42-4-2/h7-8,10-13,15-16,19-20H,3-6,9,14,17-18,34-35H2,1-2H3/t20-/m1/s1. The lowest BCUT2D eigenvalue weighted by molar-refractivity contribution is -0.154. The minimum atomic E-state index is -1.08. The fourth-order valence-corrected chi connectivity index (χ4v) is 4.56. The number of carbonyl (C=O) groups excluding carboxylic acids is 3. The fraction of sp³-hybridized carbons (Fsp3) is 0.364. The number of esters is 3. The fourth-order valence-electron chi connectivity index (χ4n) is 4.56.